The predicted octanol–water partition coefficient (Wildman–Crippen LogP) is 2.44. The molecule has 3 rings (SSSR count). The summed E-state index contributed by atoms with van der Waals surface area (Å²) in [6.45, 7) is 12.2. The summed E-state index contributed by atoms with van der Waals surface area (Å²) in [4.78, 5) is 7.26. The minimum absolute atomic E-state index is 0.0218. The van der Waals surface area contributed by atoms with Crippen molar-refractivity contribution in [1.82, 2.24) is 15.5 Å². The number of morpholine rings is 1. The third-order valence-electron chi connectivity index (χ3n) is 5.92. The van der Waals surface area contributed by atoms with Crippen LogP contribution < -0.4 is 10.6 Å². The number of aromatic hydroxyl groups is 1. The molecule has 1 saturated heterocycles. The van der Waals surface area contributed by atoms with Gasteiger partial charge in [0.25, 0.3) is 0 Å². The molecule has 28 heavy (non-hydrogen) atoms. The van der Waals surface area contributed by atoms with E-state index in [1.807, 2.05) is 6.07 Å². The number of phenols is 1. The summed E-state index contributed by atoms with van der Waals surface area (Å²) in [5, 5.41) is 17.3. The number of aliphatic imine (C=N–C) groups is 1. The summed E-state index contributed by atoms with van der Waals surface area (Å²) in [6.07, 6.45) is 4.58. The number of fused-ring (bicyclic) bond motifs is 1. The van der Waals surface area contributed by atoms with Crippen molar-refractivity contribution in [3.63, 3.8) is 0 Å². The molecule has 0 unspecified atom stereocenters. The molecule has 1 aromatic rings. The van der Waals surface area contributed by atoms with Crippen LogP contribution in [0.1, 0.15) is 50.3 Å². The second-order valence-corrected chi connectivity index (χ2v) is 8.37. The van der Waals surface area contributed by atoms with Crippen LogP contribution in [0.15, 0.2) is 17.1 Å². The van der Waals surface area contributed by atoms with Crippen LogP contribution in [0.5, 0.6) is 5.75 Å². The van der Waals surface area contributed by atoms with Crippen LogP contribution in [0, 0.1) is 0 Å². The molecule has 0 amide bonds. The second kappa shape index (κ2) is 9.61. The highest BCUT2D eigenvalue weighted by Gasteiger charge is 2.28. The molecule has 1 heterocycles. The van der Waals surface area contributed by atoms with Gasteiger partial charge in [0.2, 0.25) is 0 Å². The zero-order valence-electron chi connectivity index (χ0n) is 17.7. The fraction of sp³-hybridized carbons (Fsp3) is 0.682. The van der Waals surface area contributed by atoms with Crippen molar-refractivity contribution < 1.29 is 9.84 Å². The summed E-state index contributed by atoms with van der Waals surface area (Å²) in [5.41, 5.74) is 3.69. The van der Waals surface area contributed by atoms with E-state index >= 15 is 0 Å². The van der Waals surface area contributed by atoms with Gasteiger partial charge in [-0.25, -0.2) is 4.99 Å². The maximum atomic E-state index is 10.4. The first-order chi connectivity index (χ1) is 13.5. The van der Waals surface area contributed by atoms with Crippen LogP contribution in [0.25, 0.3) is 0 Å². The van der Waals surface area contributed by atoms with Gasteiger partial charge in [-0.05, 0) is 63.6 Å². The third kappa shape index (κ3) is 5.17. The van der Waals surface area contributed by atoms with Crippen molar-refractivity contribution in [2.24, 2.45) is 4.99 Å². The molecule has 2 aliphatic rings. The molecule has 0 saturated carbocycles. The van der Waals surface area contributed by atoms with Crippen molar-refractivity contribution in [2.45, 2.75) is 58.5 Å². The van der Waals surface area contributed by atoms with Crippen LogP contribution in [0.4, 0.5) is 0 Å². The van der Waals surface area contributed by atoms with Gasteiger partial charge in [0.15, 0.2) is 5.96 Å². The summed E-state index contributed by atoms with van der Waals surface area (Å²) >= 11 is 0. The second-order valence-electron chi connectivity index (χ2n) is 8.37. The lowest BCUT2D eigenvalue weighted by atomic mass is 9.88. The van der Waals surface area contributed by atoms with E-state index in [1.165, 1.54) is 24.0 Å². The number of rotatable bonds is 6. The van der Waals surface area contributed by atoms with Crippen molar-refractivity contribution >= 4 is 5.96 Å². The molecule has 1 aromatic carbocycles. The number of hydrogen-bond donors (Lipinski definition) is 3. The van der Waals surface area contributed by atoms with Gasteiger partial charge in [-0.15, -0.1) is 0 Å². The Bertz CT molecular complexity index is 681. The lowest BCUT2D eigenvalue weighted by Gasteiger charge is -2.41. The molecule has 3 N–H and O–H groups in total. The number of ether oxygens (including phenoxy) is 1. The molecular weight excluding hydrogens is 352 g/mol. The van der Waals surface area contributed by atoms with Crippen LogP contribution >= 0.6 is 0 Å². The molecule has 1 fully saturated rings. The molecule has 6 heteroatoms. The molecule has 0 aromatic heterocycles. The van der Waals surface area contributed by atoms with Crippen molar-refractivity contribution in [3.05, 3.63) is 28.8 Å². The van der Waals surface area contributed by atoms with E-state index in [-0.39, 0.29) is 5.54 Å². The van der Waals surface area contributed by atoms with Crippen molar-refractivity contribution in [1.29, 1.82) is 0 Å². The van der Waals surface area contributed by atoms with Gasteiger partial charge in [0.1, 0.15) is 5.75 Å². The van der Waals surface area contributed by atoms with Gasteiger partial charge < -0.3 is 20.5 Å². The molecule has 0 spiro atoms. The number of hydrogen-bond acceptors (Lipinski definition) is 4. The first kappa shape index (κ1) is 20.9. The Morgan fingerprint density at radius 2 is 1.93 bits per heavy atom. The van der Waals surface area contributed by atoms with Gasteiger partial charge in [-0.2, -0.15) is 0 Å². The van der Waals surface area contributed by atoms with Crippen LogP contribution in [-0.2, 0) is 24.1 Å². The van der Waals surface area contributed by atoms with Gasteiger partial charge in [-0.3, -0.25) is 4.90 Å². The van der Waals surface area contributed by atoms with Crippen LogP contribution in [0.2, 0.25) is 0 Å². The van der Waals surface area contributed by atoms with E-state index < -0.39 is 0 Å². The highest BCUT2D eigenvalue weighted by atomic mass is 16.5. The normalized spacial score (nSPS) is 18.6. The maximum Gasteiger partial charge on any atom is 0.191 e. The molecule has 156 valence electrons. The summed E-state index contributed by atoms with van der Waals surface area (Å²) in [5.74, 6) is 1.17. The topological polar surface area (TPSA) is 69.1 Å². The fourth-order valence-corrected chi connectivity index (χ4v) is 4.15. The SMILES string of the molecule is CCNC(=NCc1c(O)ccc2c1CCCC2)NCC(C)(C)N1CCOCC1. The minimum atomic E-state index is 0.0218. The first-order valence-electron chi connectivity index (χ1n) is 10.7. The Hall–Kier alpha value is -1.79. The van der Waals surface area contributed by atoms with E-state index in [0.29, 0.717) is 12.3 Å². The number of nitrogens with zero attached hydrogens (tertiary/aromatic N) is 2. The Morgan fingerprint density at radius 3 is 2.68 bits per heavy atom. The van der Waals surface area contributed by atoms with E-state index in [9.17, 15) is 5.11 Å². The summed E-state index contributed by atoms with van der Waals surface area (Å²) in [6, 6.07) is 3.91. The number of guanidine groups is 1. The first-order valence-corrected chi connectivity index (χ1v) is 10.7. The number of benzene rings is 1. The molecule has 1 aliphatic heterocycles. The van der Waals surface area contributed by atoms with Gasteiger partial charge in [0.05, 0.1) is 19.8 Å². The lowest BCUT2D eigenvalue weighted by Crippen LogP contribution is -2.56. The zero-order valence-corrected chi connectivity index (χ0v) is 17.7. The van der Waals surface area contributed by atoms with E-state index in [0.717, 1.165) is 63.8 Å². The lowest BCUT2D eigenvalue weighted by molar-refractivity contribution is -0.00834. The van der Waals surface area contributed by atoms with Crippen molar-refractivity contribution in [2.75, 3.05) is 39.4 Å². The Kier molecular flexibility index (Phi) is 7.18. The predicted molar refractivity (Wildman–Crippen MR) is 114 cm³/mol. The molecule has 0 bridgehead atoms. The number of phenolic OH excluding ortho intramolecular Hbond substituents is 1. The number of nitrogens with one attached hydrogen (secondary N) is 2. The summed E-state index contributed by atoms with van der Waals surface area (Å²) < 4.78 is 5.48. The van der Waals surface area contributed by atoms with E-state index in [2.05, 4.69) is 42.4 Å². The monoisotopic (exact) mass is 388 g/mol. The molecule has 6 nitrogen and oxygen atoms in total. The Morgan fingerprint density at radius 1 is 1.18 bits per heavy atom. The van der Waals surface area contributed by atoms with Crippen molar-refractivity contribution in [3.8, 4) is 5.75 Å². The van der Waals surface area contributed by atoms with Gasteiger partial charge in [-0.1, -0.05) is 6.07 Å². The zero-order chi connectivity index (χ0) is 20.0. The Balaban J connectivity index is 1.68. The highest BCUT2D eigenvalue weighted by Crippen LogP contribution is 2.31. The van der Waals surface area contributed by atoms with Crippen LogP contribution in [-0.4, -0.2) is 60.9 Å². The molecule has 0 atom stereocenters. The van der Waals surface area contributed by atoms with Gasteiger partial charge >= 0.3 is 0 Å². The molecule has 1 aliphatic carbocycles. The quantitative estimate of drug-likeness (QED) is 0.516. The number of aryl methyl sites for hydroxylation is 1. The minimum Gasteiger partial charge on any atom is -0.508 e. The molecule has 0 radical (unpaired) electrons. The largest absolute Gasteiger partial charge is 0.508 e. The standard InChI is InChI=1S/C22H36N4O2/c1-4-23-21(25-16-22(2,3)26-11-13-28-14-12-26)24-15-19-18-8-6-5-7-17(18)9-10-20(19)27/h9-10,27H,4-8,11-16H2,1-3H3,(H2,23,24,25). The van der Waals surface area contributed by atoms with E-state index in [1.54, 1.807) is 0 Å². The Labute approximate surface area is 169 Å². The van der Waals surface area contributed by atoms with E-state index in [4.69, 9.17) is 9.73 Å². The fourth-order valence-electron chi connectivity index (χ4n) is 4.15. The summed E-state index contributed by atoms with van der Waals surface area (Å²) in [7, 11) is 0. The average molecular weight is 389 g/mol. The smallest absolute Gasteiger partial charge is 0.191 e. The highest BCUT2D eigenvalue weighted by molar-refractivity contribution is 5.79. The van der Waals surface area contributed by atoms with Crippen LogP contribution in [0.3, 0.4) is 0 Å². The molecular formula is C22H36N4O2. The maximum absolute atomic E-state index is 10.4. The van der Waals surface area contributed by atoms with Gasteiger partial charge in [0, 0.05) is 37.3 Å². The third-order valence-corrected chi connectivity index (χ3v) is 5.92. The average Bonchev–Trinajstić information content (AvgIpc) is 2.72.